The summed E-state index contributed by atoms with van der Waals surface area (Å²) >= 11 is 0. The van der Waals surface area contributed by atoms with Crippen LogP contribution < -0.4 is 0 Å². The first-order chi connectivity index (χ1) is 18.0. The number of hydrogen-bond donors (Lipinski definition) is 1. The number of aryl methyl sites for hydroxylation is 4. The van der Waals surface area contributed by atoms with Crippen molar-refractivity contribution >= 4 is 5.97 Å². The molecule has 4 nitrogen and oxygen atoms in total. The molecule has 4 heteroatoms. The Morgan fingerprint density at radius 1 is 0.816 bits per heavy atom. The second-order valence-electron chi connectivity index (χ2n) is 11.2. The maximum Gasteiger partial charge on any atom is 0.311 e. The summed E-state index contributed by atoms with van der Waals surface area (Å²) in [7, 11) is 0. The van der Waals surface area contributed by atoms with Gasteiger partial charge in [-0.2, -0.15) is 0 Å². The second-order valence-corrected chi connectivity index (χ2v) is 11.2. The van der Waals surface area contributed by atoms with Crippen LogP contribution in [0.1, 0.15) is 72.7 Å². The minimum Gasteiger partial charge on any atom is -0.456 e. The quantitative estimate of drug-likeness (QED) is 0.273. The number of carbonyl (C=O) groups is 1. The molecule has 0 unspecified atom stereocenters. The molecule has 0 amide bonds. The van der Waals surface area contributed by atoms with Crippen molar-refractivity contribution in [1.29, 1.82) is 0 Å². The lowest BCUT2D eigenvalue weighted by molar-refractivity contribution is -0.162. The Morgan fingerprint density at radius 3 is 1.97 bits per heavy atom. The molecule has 0 aliphatic heterocycles. The zero-order valence-corrected chi connectivity index (χ0v) is 24.4. The molecule has 38 heavy (non-hydrogen) atoms. The minimum atomic E-state index is -0.754. The highest BCUT2D eigenvalue weighted by Gasteiger charge is 2.33. The van der Waals surface area contributed by atoms with Gasteiger partial charge in [0.15, 0.2) is 0 Å². The lowest BCUT2D eigenvalue weighted by Gasteiger charge is -2.36. The molecule has 3 rings (SSSR count). The van der Waals surface area contributed by atoms with Crippen LogP contribution in [0.15, 0.2) is 66.7 Å². The van der Waals surface area contributed by atoms with E-state index in [4.69, 9.17) is 4.74 Å². The van der Waals surface area contributed by atoms with Crippen LogP contribution in [0, 0.1) is 39.5 Å². The first-order valence-corrected chi connectivity index (χ1v) is 13.8. The summed E-state index contributed by atoms with van der Waals surface area (Å²) in [5.41, 5.74) is 8.55. The number of rotatable bonds is 11. The third kappa shape index (κ3) is 7.33. The highest BCUT2D eigenvalue weighted by Crippen LogP contribution is 2.31. The number of benzene rings is 3. The molecule has 3 aromatic carbocycles. The minimum absolute atomic E-state index is 0.0322. The fourth-order valence-corrected chi connectivity index (χ4v) is 5.24. The van der Waals surface area contributed by atoms with Crippen molar-refractivity contribution in [2.75, 3.05) is 0 Å². The Morgan fingerprint density at radius 2 is 1.39 bits per heavy atom. The molecule has 0 bridgehead atoms. The smallest absolute Gasteiger partial charge is 0.311 e. The van der Waals surface area contributed by atoms with E-state index in [-0.39, 0.29) is 17.9 Å². The van der Waals surface area contributed by atoms with E-state index in [0.29, 0.717) is 0 Å². The number of aliphatic hydroxyl groups is 1. The number of ether oxygens (including phenoxy) is 1. The molecule has 0 radical (unpaired) electrons. The van der Waals surface area contributed by atoms with Gasteiger partial charge < -0.3 is 9.84 Å². The van der Waals surface area contributed by atoms with E-state index < -0.39 is 18.1 Å². The van der Waals surface area contributed by atoms with Crippen LogP contribution in [0.4, 0.5) is 0 Å². The third-order valence-corrected chi connectivity index (χ3v) is 7.79. The lowest BCUT2D eigenvalue weighted by atomic mass is 9.94. The summed E-state index contributed by atoms with van der Waals surface area (Å²) in [6.45, 7) is 17.8. The average molecular weight is 516 g/mol. The van der Waals surface area contributed by atoms with Crippen molar-refractivity contribution < 1.29 is 14.6 Å². The highest BCUT2D eigenvalue weighted by atomic mass is 16.5. The van der Waals surface area contributed by atoms with Crippen molar-refractivity contribution in [2.45, 2.75) is 86.7 Å². The van der Waals surface area contributed by atoms with Gasteiger partial charge in [-0.1, -0.05) is 86.1 Å². The third-order valence-electron chi connectivity index (χ3n) is 7.79. The molecule has 0 saturated carbocycles. The van der Waals surface area contributed by atoms with Gasteiger partial charge in [-0.05, 0) is 80.8 Å². The normalized spacial score (nSPS) is 14.8. The van der Waals surface area contributed by atoms with E-state index in [1.54, 1.807) is 6.92 Å². The Balaban J connectivity index is 2.02. The van der Waals surface area contributed by atoms with Gasteiger partial charge in [0.2, 0.25) is 0 Å². The van der Waals surface area contributed by atoms with Gasteiger partial charge in [0.1, 0.15) is 6.10 Å². The van der Waals surface area contributed by atoms with Crippen molar-refractivity contribution in [2.24, 2.45) is 11.8 Å². The van der Waals surface area contributed by atoms with E-state index in [1.165, 1.54) is 33.4 Å². The molecular formula is C34H45NO3. The van der Waals surface area contributed by atoms with Gasteiger partial charge in [-0.3, -0.25) is 9.69 Å². The SMILES string of the molecule is Cc1cc(C)c(CN(Cc2ccccc2C)[C@@H](C)[C@H](OC(=O)[C@H](C)[C@H](O)C(C)C)c2ccccc2)c(C)c1. The van der Waals surface area contributed by atoms with E-state index in [9.17, 15) is 9.90 Å². The largest absolute Gasteiger partial charge is 0.456 e. The van der Waals surface area contributed by atoms with Gasteiger partial charge >= 0.3 is 5.97 Å². The van der Waals surface area contributed by atoms with Crippen LogP contribution in [0.25, 0.3) is 0 Å². The van der Waals surface area contributed by atoms with E-state index in [1.807, 2.05) is 44.2 Å². The number of aliphatic hydroxyl groups excluding tert-OH is 1. The standard InChI is InChI=1S/C34H45NO3/c1-22(2)32(36)27(7)34(37)38-33(29-15-10-9-11-16-29)28(8)35(20-30-17-13-12-14-24(30)4)21-31-25(5)18-23(3)19-26(31)6/h9-19,22,27-28,32-33,36H,20-21H2,1-8H3/t27-,28+,32-,33+/m1/s1. The van der Waals surface area contributed by atoms with E-state index in [0.717, 1.165) is 18.7 Å². The van der Waals surface area contributed by atoms with Crippen molar-refractivity contribution in [3.05, 3.63) is 106 Å². The van der Waals surface area contributed by atoms with Crippen molar-refractivity contribution in [3.8, 4) is 0 Å². The van der Waals surface area contributed by atoms with Gasteiger partial charge in [-0.25, -0.2) is 0 Å². The van der Waals surface area contributed by atoms with Crippen LogP contribution in [0.2, 0.25) is 0 Å². The van der Waals surface area contributed by atoms with Gasteiger partial charge in [0.05, 0.1) is 12.0 Å². The summed E-state index contributed by atoms with van der Waals surface area (Å²) < 4.78 is 6.26. The van der Waals surface area contributed by atoms with E-state index >= 15 is 0 Å². The molecule has 0 heterocycles. The fraction of sp³-hybridized carbons (Fsp3) is 0.441. The van der Waals surface area contributed by atoms with Gasteiger partial charge in [0.25, 0.3) is 0 Å². The van der Waals surface area contributed by atoms with Gasteiger partial charge in [-0.15, -0.1) is 0 Å². The Labute approximate surface area is 229 Å². The first kappa shape index (κ1) is 29.6. The molecular weight excluding hydrogens is 470 g/mol. The van der Waals surface area contributed by atoms with Crippen LogP contribution in [0.3, 0.4) is 0 Å². The zero-order chi connectivity index (χ0) is 28.0. The van der Waals surface area contributed by atoms with Gasteiger partial charge in [0, 0.05) is 19.1 Å². The summed E-state index contributed by atoms with van der Waals surface area (Å²) in [4.78, 5) is 15.7. The molecule has 0 spiro atoms. The Bertz CT molecular complexity index is 1180. The number of nitrogens with zero attached hydrogens (tertiary/aromatic N) is 1. The fourth-order valence-electron chi connectivity index (χ4n) is 5.24. The lowest BCUT2D eigenvalue weighted by Crippen LogP contribution is -2.40. The van der Waals surface area contributed by atoms with Crippen LogP contribution in [0.5, 0.6) is 0 Å². The zero-order valence-electron chi connectivity index (χ0n) is 24.4. The summed E-state index contributed by atoms with van der Waals surface area (Å²) in [6.07, 6.45) is -1.24. The molecule has 0 aromatic heterocycles. The number of hydrogen-bond acceptors (Lipinski definition) is 4. The molecule has 1 N–H and O–H groups in total. The highest BCUT2D eigenvalue weighted by molar-refractivity contribution is 5.73. The molecule has 0 aliphatic rings. The predicted molar refractivity (Wildman–Crippen MR) is 156 cm³/mol. The number of carbonyl (C=O) groups excluding carboxylic acids is 1. The maximum atomic E-state index is 13.3. The molecule has 204 valence electrons. The Hall–Kier alpha value is -2.95. The molecule has 4 atom stereocenters. The summed E-state index contributed by atoms with van der Waals surface area (Å²) in [5, 5.41) is 10.6. The topological polar surface area (TPSA) is 49.8 Å². The number of esters is 1. The van der Waals surface area contributed by atoms with Crippen LogP contribution >= 0.6 is 0 Å². The van der Waals surface area contributed by atoms with Crippen LogP contribution in [-0.2, 0) is 22.6 Å². The molecule has 0 fully saturated rings. The monoisotopic (exact) mass is 515 g/mol. The van der Waals surface area contributed by atoms with Crippen molar-refractivity contribution in [3.63, 3.8) is 0 Å². The molecule has 0 saturated heterocycles. The first-order valence-electron chi connectivity index (χ1n) is 13.8. The second kappa shape index (κ2) is 13.2. The average Bonchev–Trinajstić information content (AvgIpc) is 2.88. The predicted octanol–water partition coefficient (Wildman–Crippen LogP) is 7.25. The van der Waals surface area contributed by atoms with E-state index in [2.05, 4.69) is 75.9 Å². The van der Waals surface area contributed by atoms with Crippen molar-refractivity contribution in [1.82, 2.24) is 4.90 Å². The summed E-state index contributed by atoms with van der Waals surface area (Å²) in [6, 6.07) is 22.8. The maximum absolute atomic E-state index is 13.3. The summed E-state index contributed by atoms with van der Waals surface area (Å²) in [5.74, 6) is -1.01. The molecule has 3 aromatic rings. The van der Waals surface area contributed by atoms with Crippen LogP contribution in [-0.4, -0.2) is 28.1 Å². The Kier molecular flexibility index (Phi) is 10.3. The molecule has 0 aliphatic carbocycles.